The minimum Gasteiger partial charge on any atom is -0.318 e. The van der Waals surface area contributed by atoms with Crippen LogP contribution in [0.25, 0.3) is 17.1 Å². The number of rotatable bonds is 7. The molecule has 3 heterocycles. The Balaban J connectivity index is 1.51. The van der Waals surface area contributed by atoms with E-state index in [1.165, 1.54) is 17.3 Å². The number of aromatic nitrogens is 5. The lowest BCUT2D eigenvalue weighted by Crippen LogP contribution is -2.06. The van der Waals surface area contributed by atoms with Crippen molar-refractivity contribution >= 4 is 17.5 Å². The molecule has 1 aromatic carbocycles. The number of ketones is 1. The fourth-order valence-corrected chi connectivity index (χ4v) is 4.65. The lowest BCUT2D eigenvalue weighted by atomic mass is 10.0. The molecule has 164 valence electrons. The van der Waals surface area contributed by atoms with Gasteiger partial charge in [-0.1, -0.05) is 37.7 Å². The fourth-order valence-electron chi connectivity index (χ4n) is 3.85. The van der Waals surface area contributed by atoms with Crippen molar-refractivity contribution in [1.82, 2.24) is 24.3 Å². The topological polar surface area (TPSA) is 65.6 Å². The van der Waals surface area contributed by atoms with Gasteiger partial charge in [0.05, 0.1) is 5.75 Å². The van der Waals surface area contributed by atoms with Crippen molar-refractivity contribution in [3.8, 4) is 17.1 Å². The summed E-state index contributed by atoms with van der Waals surface area (Å²) in [5.41, 5.74) is 6.08. The van der Waals surface area contributed by atoms with Gasteiger partial charge in [0.2, 0.25) is 0 Å². The maximum atomic E-state index is 13.1. The number of hydrogen-bond donors (Lipinski definition) is 0. The molecule has 0 aliphatic rings. The highest BCUT2D eigenvalue weighted by atomic mass is 32.2. The number of nitrogens with zero attached hydrogens (tertiary/aromatic N) is 5. The van der Waals surface area contributed by atoms with Crippen molar-refractivity contribution in [2.45, 2.75) is 38.8 Å². The highest BCUT2D eigenvalue weighted by Crippen LogP contribution is 2.26. The third kappa shape index (κ3) is 4.25. The maximum absolute atomic E-state index is 13.1. The van der Waals surface area contributed by atoms with Crippen LogP contribution < -0.4 is 0 Å². The summed E-state index contributed by atoms with van der Waals surface area (Å²) in [5.74, 6) is 1.63. The number of aryl methyl sites for hydroxylation is 1. The first kappa shape index (κ1) is 22.0. The molecule has 0 saturated carbocycles. The van der Waals surface area contributed by atoms with E-state index in [-0.39, 0.29) is 5.78 Å². The van der Waals surface area contributed by atoms with Gasteiger partial charge in [-0.25, -0.2) is 0 Å². The minimum absolute atomic E-state index is 0.0848. The first-order valence-corrected chi connectivity index (χ1v) is 11.6. The van der Waals surface area contributed by atoms with E-state index in [4.69, 9.17) is 0 Å². The fraction of sp³-hybridized carbons (Fsp3) is 0.280. The van der Waals surface area contributed by atoms with Crippen LogP contribution in [0.3, 0.4) is 0 Å². The van der Waals surface area contributed by atoms with Gasteiger partial charge in [-0.05, 0) is 55.7 Å². The average molecular weight is 446 g/mol. The van der Waals surface area contributed by atoms with Crippen molar-refractivity contribution in [2.75, 3.05) is 5.75 Å². The molecule has 0 saturated heterocycles. The highest BCUT2D eigenvalue weighted by Gasteiger charge is 2.19. The van der Waals surface area contributed by atoms with E-state index < -0.39 is 0 Å². The summed E-state index contributed by atoms with van der Waals surface area (Å²) >= 11 is 1.41. The molecule has 0 aliphatic carbocycles. The zero-order valence-electron chi connectivity index (χ0n) is 19.0. The monoisotopic (exact) mass is 445 g/mol. The Hall–Kier alpha value is -3.19. The van der Waals surface area contributed by atoms with E-state index in [1.807, 2.05) is 43.7 Å². The van der Waals surface area contributed by atoms with E-state index >= 15 is 0 Å². The van der Waals surface area contributed by atoms with Crippen LogP contribution in [0.5, 0.6) is 0 Å². The maximum Gasteiger partial charge on any atom is 0.191 e. The number of thioether (sulfide) groups is 1. The van der Waals surface area contributed by atoms with Crippen molar-refractivity contribution in [3.05, 3.63) is 77.4 Å². The summed E-state index contributed by atoms with van der Waals surface area (Å²) in [5, 5.41) is 9.26. The van der Waals surface area contributed by atoms with Gasteiger partial charge in [0.1, 0.15) is 0 Å². The minimum atomic E-state index is 0.0848. The molecule has 0 amide bonds. The summed E-state index contributed by atoms with van der Waals surface area (Å²) < 4.78 is 4.05. The van der Waals surface area contributed by atoms with Crippen LogP contribution in [-0.4, -0.2) is 35.9 Å². The third-order valence-electron chi connectivity index (χ3n) is 5.66. The van der Waals surface area contributed by atoms with Gasteiger partial charge in [-0.2, -0.15) is 0 Å². The summed E-state index contributed by atoms with van der Waals surface area (Å²) in [6.45, 7) is 8.42. The van der Waals surface area contributed by atoms with Gasteiger partial charge in [0, 0.05) is 47.6 Å². The molecular weight excluding hydrogens is 418 g/mol. The Morgan fingerprint density at radius 2 is 1.72 bits per heavy atom. The van der Waals surface area contributed by atoms with Crippen molar-refractivity contribution < 1.29 is 4.79 Å². The molecule has 0 atom stereocenters. The molecule has 0 unspecified atom stereocenters. The number of pyridine rings is 1. The van der Waals surface area contributed by atoms with Crippen LogP contribution in [0.2, 0.25) is 0 Å². The second kappa shape index (κ2) is 9.12. The largest absolute Gasteiger partial charge is 0.318 e. The molecule has 3 aromatic heterocycles. The summed E-state index contributed by atoms with van der Waals surface area (Å²) in [7, 11) is 1.91. The first-order chi connectivity index (χ1) is 15.4. The molecule has 0 radical (unpaired) electrons. The molecular formula is C25H27N5OS. The number of benzene rings is 1. The molecule has 4 aromatic rings. The second-order valence-electron chi connectivity index (χ2n) is 8.18. The summed E-state index contributed by atoms with van der Waals surface area (Å²) in [4.78, 5) is 17.1. The van der Waals surface area contributed by atoms with Crippen LogP contribution in [0.4, 0.5) is 0 Å². The van der Waals surface area contributed by atoms with Gasteiger partial charge in [-0.15, -0.1) is 10.2 Å². The summed E-state index contributed by atoms with van der Waals surface area (Å²) in [6.07, 6.45) is 3.46. The van der Waals surface area contributed by atoms with Gasteiger partial charge in [0.15, 0.2) is 16.8 Å². The standard InChI is InChI=1S/C25H27N5OS/c1-16(2)19-6-8-21(9-7-19)30-17(3)14-22(18(30)4)23(31)15-32-25-28-27-24(29(25)5)20-10-12-26-13-11-20/h6-14,16H,15H2,1-5H3. The zero-order chi connectivity index (χ0) is 22.8. The Bertz CT molecular complexity index is 1240. The molecule has 6 nitrogen and oxygen atoms in total. The molecule has 0 N–H and O–H groups in total. The molecule has 0 bridgehead atoms. The molecule has 32 heavy (non-hydrogen) atoms. The van der Waals surface area contributed by atoms with Crippen LogP contribution >= 0.6 is 11.8 Å². The second-order valence-corrected chi connectivity index (χ2v) is 9.12. The van der Waals surface area contributed by atoms with Crippen LogP contribution in [0.15, 0.2) is 60.0 Å². The van der Waals surface area contributed by atoms with Crippen molar-refractivity contribution in [1.29, 1.82) is 0 Å². The predicted octanol–water partition coefficient (Wildman–Crippen LogP) is 5.38. The van der Waals surface area contributed by atoms with E-state index in [1.54, 1.807) is 12.4 Å². The van der Waals surface area contributed by atoms with E-state index in [0.717, 1.165) is 34.0 Å². The molecule has 7 heteroatoms. The number of carbonyl (C=O) groups is 1. The Morgan fingerprint density at radius 1 is 1.03 bits per heavy atom. The van der Waals surface area contributed by atoms with Gasteiger partial charge in [0.25, 0.3) is 0 Å². The van der Waals surface area contributed by atoms with Crippen LogP contribution in [0, 0.1) is 13.8 Å². The molecule has 4 rings (SSSR count). The van der Waals surface area contributed by atoms with E-state index in [9.17, 15) is 4.79 Å². The van der Waals surface area contributed by atoms with Crippen molar-refractivity contribution in [2.24, 2.45) is 7.05 Å². The number of hydrogen-bond acceptors (Lipinski definition) is 5. The predicted molar refractivity (Wildman–Crippen MR) is 129 cm³/mol. The smallest absolute Gasteiger partial charge is 0.191 e. The molecule has 0 aliphatic heterocycles. The first-order valence-electron chi connectivity index (χ1n) is 10.6. The van der Waals surface area contributed by atoms with E-state index in [0.29, 0.717) is 16.8 Å². The average Bonchev–Trinajstić information content (AvgIpc) is 3.31. The van der Waals surface area contributed by atoms with Crippen LogP contribution in [0.1, 0.15) is 47.1 Å². The van der Waals surface area contributed by atoms with Gasteiger partial charge in [-0.3, -0.25) is 9.78 Å². The van der Waals surface area contributed by atoms with Crippen LogP contribution in [-0.2, 0) is 7.05 Å². The lowest BCUT2D eigenvalue weighted by molar-refractivity contribution is 0.102. The third-order valence-corrected chi connectivity index (χ3v) is 6.68. The summed E-state index contributed by atoms with van der Waals surface area (Å²) in [6, 6.07) is 14.3. The number of carbonyl (C=O) groups excluding carboxylic acids is 1. The Morgan fingerprint density at radius 3 is 2.38 bits per heavy atom. The Labute approximate surface area is 192 Å². The quantitative estimate of drug-likeness (QED) is 0.282. The van der Waals surface area contributed by atoms with E-state index in [2.05, 4.69) is 57.9 Å². The van der Waals surface area contributed by atoms with Crippen molar-refractivity contribution in [3.63, 3.8) is 0 Å². The number of Topliss-reactive ketones (excluding diaryl/α,β-unsaturated/α-hetero) is 1. The SMILES string of the molecule is Cc1cc(C(=O)CSc2nnc(-c3ccncc3)n2C)c(C)n1-c1ccc(C(C)C)cc1. The normalized spacial score (nSPS) is 11.3. The molecule has 0 fully saturated rings. The molecule has 0 spiro atoms. The van der Waals surface area contributed by atoms with Gasteiger partial charge >= 0.3 is 0 Å². The Kier molecular flexibility index (Phi) is 6.28. The van der Waals surface area contributed by atoms with Gasteiger partial charge < -0.3 is 9.13 Å². The zero-order valence-corrected chi connectivity index (χ0v) is 19.8. The highest BCUT2D eigenvalue weighted by molar-refractivity contribution is 7.99. The lowest BCUT2D eigenvalue weighted by Gasteiger charge is -2.12.